The predicted octanol–water partition coefficient (Wildman–Crippen LogP) is 2.40. The third-order valence-corrected chi connectivity index (χ3v) is 5.06. The minimum atomic E-state index is 0.522. The first-order valence-corrected chi connectivity index (χ1v) is 14.3. The highest BCUT2D eigenvalue weighted by atomic mass is 16.6. The van der Waals surface area contributed by atoms with Gasteiger partial charge in [0.2, 0.25) is 0 Å². The van der Waals surface area contributed by atoms with Crippen LogP contribution in [0, 0.1) is 5.92 Å². The molecular formula is C28H56O11. The van der Waals surface area contributed by atoms with Gasteiger partial charge in [0, 0.05) is 6.61 Å². The van der Waals surface area contributed by atoms with Gasteiger partial charge in [0.15, 0.2) is 0 Å². The van der Waals surface area contributed by atoms with E-state index >= 15 is 0 Å². The summed E-state index contributed by atoms with van der Waals surface area (Å²) in [5.41, 5.74) is 0. The second kappa shape index (κ2) is 35.3. The van der Waals surface area contributed by atoms with Crippen LogP contribution in [0.5, 0.6) is 0 Å². The van der Waals surface area contributed by atoms with E-state index in [2.05, 4.69) is 20.4 Å². The van der Waals surface area contributed by atoms with E-state index in [9.17, 15) is 0 Å². The minimum Gasteiger partial charge on any atom is -0.379 e. The summed E-state index contributed by atoms with van der Waals surface area (Å²) in [6.07, 6.45) is 2.85. The van der Waals surface area contributed by atoms with Gasteiger partial charge in [0.1, 0.15) is 0 Å². The molecule has 11 nitrogen and oxygen atoms in total. The summed E-state index contributed by atoms with van der Waals surface area (Å²) in [7, 11) is 0. The summed E-state index contributed by atoms with van der Waals surface area (Å²) in [6, 6.07) is 0. The zero-order chi connectivity index (χ0) is 28.3. The highest BCUT2D eigenvalue weighted by molar-refractivity contribution is 4.63. The van der Waals surface area contributed by atoms with Crippen molar-refractivity contribution < 1.29 is 52.1 Å². The Labute approximate surface area is 236 Å². The lowest BCUT2D eigenvalue weighted by atomic mass is 10.1. The lowest BCUT2D eigenvalue weighted by Crippen LogP contribution is -2.15. The lowest BCUT2D eigenvalue weighted by Gasteiger charge is -2.10. The lowest BCUT2D eigenvalue weighted by molar-refractivity contribution is -0.0276. The predicted molar refractivity (Wildman–Crippen MR) is 149 cm³/mol. The van der Waals surface area contributed by atoms with E-state index in [0.29, 0.717) is 145 Å². The van der Waals surface area contributed by atoms with Gasteiger partial charge >= 0.3 is 0 Å². The average Bonchev–Trinajstić information content (AvgIpc) is 2.95. The van der Waals surface area contributed by atoms with Gasteiger partial charge in [-0.25, -0.2) is 0 Å². The minimum absolute atomic E-state index is 0.522. The molecule has 0 aromatic rings. The fraction of sp³-hybridized carbons (Fsp3) is 0.929. The second-order valence-corrected chi connectivity index (χ2v) is 8.46. The average molecular weight is 569 g/mol. The Morgan fingerprint density at radius 3 is 0.872 bits per heavy atom. The Morgan fingerprint density at radius 1 is 0.410 bits per heavy atom. The SMILES string of the molecule is C=CCOCCOCCOCCOCCOCCOCCOCCOCCOCCOCCOCC(C)CC. The van der Waals surface area contributed by atoms with Crippen LogP contribution in [0.2, 0.25) is 0 Å². The molecule has 0 amide bonds. The topological polar surface area (TPSA) is 102 Å². The Bertz CT molecular complexity index is 457. The van der Waals surface area contributed by atoms with Gasteiger partial charge in [-0.05, 0) is 5.92 Å². The molecule has 39 heavy (non-hydrogen) atoms. The molecule has 0 aromatic carbocycles. The standard InChI is InChI=1S/C28H56O11/c1-4-6-29-7-8-30-9-10-31-11-12-32-13-14-33-15-16-34-17-18-35-19-20-36-21-22-37-23-24-38-25-26-39-27-28(3)5-2/h4,28H,1,5-27H2,2-3H3. The van der Waals surface area contributed by atoms with Crippen molar-refractivity contribution in [3.8, 4) is 0 Å². The summed E-state index contributed by atoms with van der Waals surface area (Å²) in [5.74, 6) is 0.600. The van der Waals surface area contributed by atoms with E-state index in [0.717, 1.165) is 13.0 Å². The zero-order valence-electron chi connectivity index (χ0n) is 24.6. The van der Waals surface area contributed by atoms with E-state index in [1.807, 2.05) is 0 Å². The molecule has 1 unspecified atom stereocenters. The van der Waals surface area contributed by atoms with E-state index in [-0.39, 0.29) is 0 Å². The zero-order valence-corrected chi connectivity index (χ0v) is 24.6. The molecule has 0 aliphatic rings. The van der Waals surface area contributed by atoms with Crippen LogP contribution in [0.1, 0.15) is 20.3 Å². The van der Waals surface area contributed by atoms with Gasteiger partial charge in [-0.15, -0.1) is 6.58 Å². The van der Waals surface area contributed by atoms with Crippen LogP contribution < -0.4 is 0 Å². The summed E-state index contributed by atoms with van der Waals surface area (Å²) in [6.45, 7) is 20.1. The Hall–Kier alpha value is -0.700. The van der Waals surface area contributed by atoms with Crippen LogP contribution >= 0.6 is 0 Å². The smallest absolute Gasteiger partial charge is 0.0704 e. The molecule has 0 radical (unpaired) electrons. The Balaban J connectivity index is 3.03. The molecule has 0 bridgehead atoms. The molecule has 234 valence electrons. The first-order valence-electron chi connectivity index (χ1n) is 14.3. The van der Waals surface area contributed by atoms with Crippen molar-refractivity contribution in [2.75, 3.05) is 145 Å². The van der Waals surface area contributed by atoms with Crippen molar-refractivity contribution >= 4 is 0 Å². The summed E-state index contributed by atoms with van der Waals surface area (Å²) < 4.78 is 59.7. The van der Waals surface area contributed by atoms with Crippen LogP contribution in [0.25, 0.3) is 0 Å². The third-order valence-electron chi connectivity index (χ3n) is 5.06. The molecule has 0 aromatic heterocycles. The molecule has 11 heteroatoms. The van der Waals surface area contributed by atoms with E-state index in [1.165, 1.54) is 0 Å². The first-order chi connectivity index (χ1) is 19.3. The van der Waals surface area contributed by atoms with Crippen molar-refractivity contribution in [3.05, 3.63) is 12.7 Å². The number of rotatable bonds is 35. The third kappa shape index (κ3) is 35.3. The molecule has 0 N–H and O–H groups in total. The van der Waals surface area contributed by atoms with Gasteiger partial charge in [0.25, 0.3) is 0 Å². The maximum atomic E-state index is 5.53. The van der Waals surface area contributed by atoms with Crippen molar-refractivity contribution in [2.24, 2.45) is 5.92 Å². The fourth-order valence-electron chi connectivity index (χ4n) is 2.67. The van der Waals surface area contributed by atoms with E-state index in [1.54, 1.807) is 6.08 Å². The maximum absolute atomic E-state index is 5.53. The molecule has 0 saturated carbocycles. The molecule has 0 rings (SSSR count). The normalized spacial score (nSPS) is 12.3. The van der Waals surface area contributed by atoms with E-state index in [4.69, 9.17) is 52.1 Å². The van der Waals surface area contributed by atoms with Gasteiger partial charge in [-0.3, -0.25) is 0 Å². The van der Waals surface area contributed by atoms with Gasteiger partial charge < -0.3 is 52.1 Å². The number of hydrogen-bond acceptors (Lipinski definition) is 11. The maximum Gasteiger partial charge on any atom is 0.0704 e. The Kier molecular flexibility index (Phi) is 34.7. The second-order valence-electron chi connectivity index (χ2n) is 8.46. The van der Waals surface area contributed by atoms with Crippen molar-refractivity contribution in [2.45, 2.75) is 20.3 Å². The van der Waals surface area contributed by atoms with Gasteiger partial charge in [-0.2, -0.15) is 0 Å². The first kappa shape index (κ1) is 38.3. The number of ether oxygens (including phenoxy) is 11. The van der Waals surface area contributed by atoms with Crippen molar-refractivity contribution in [3.63, 3.8) is 0 Å². The molecule has 0 spiro atoms. The molecule has 0 aliphatic heterocycles. The number of hydrogen-bond donors (Lipinski definition) is 0. The Morgan fingerprint density at radius 2 is 0.641 bits per heavy atom. The molecular weight excluding hydrogens is 512 g/mol. The van der Waals surface area contributed by atoms with Gasteiger partial charge in [-0.1, -0.05) is 26.3 Å². The molecule has 0 fully saturated rings. The van der Waals surface area contributed by atoms with Crippen LogP contribution in [-0.4, -0.2) is 145 Å². The fourth-order valence-corrected chi connectivity index (χ4v) is 2.67. The van der Waals surface area contributed by atoms with Crippen LogP contribution in [0.3, 0.4) is 0 Å². The van der Waals surface area contributed by atoms with E-state index < -0.39 is 0 Å². The van der Waals surface area contributed by atoms with Crippen LogP contribution in [0.15, 0.2) is 12.7 Å². The van der Waals surface area contributed by atoms with Crippen molar-refractivity contribution in [1.82, 2.24) is 0 Å². The van der Waals surface area contributed by atoms with Crippen molar-refractivity contribution in [1.29, 1.82) is 0 Å². The highest BCUT2D eigenvalue weighted by Crippen LogP contribution is 2.00. The quantitative estimate of drug-likeness (QED) is 0.0832. The largest absolute Gasteiger partial charge is 0.379 e. The summed E-state index contributed by atoms with van der Waals surface area (Å²) >= 11 is 0. The molecule has 0 saturated heterocycles. The van der Waals surface area contributed by atoms with Crippen LogP contribution in [0.4, 0.5) is 0 Å². The molecule has 1 atom stereocenters. The molecule has 0 aliphatic carbocycles. The summed E-state index contributed by atoms with van der Waals surface area (Å²) in [5, 5.41) is 0. The molecule has 0 heterocycles. The van der Waals surface area contributed by atoms with Crippen LogP contribution in [-0.2, 0) is 52.1 Å². The van der Waals surface area contributed by atoms with Gasteiger partial charge in [0.05, 0.1) is 139 Å². The summed E-state index contributed by atoms with van der Waals surface area (Å²) in [4.78, 5) is 0. The highest BCUT2D eigenvalue weighted by Gasteiger charge is 1.98. The monoisotopic (exact) mass is 568 g/mol.